The molecule has 0 saturated heterocycles. The molecule has 21 heavy (non-hydrogen) atoms. The molecule has 1 aromatic rings. The SMILES string of the molecule is CCNC(=NCC(C)(C)c1cccs1)NCCCN(C)C. The Morgan fingerprint density at radius 2 is 2.10 bits per heavy atom. The minimum absolute atomic E-state index is 0.0835. The van der Waals surface area contributed by atoms with Crippen LogP contribution >= 0.6 is 11.3 Å². The summed E-state index contributed by atoms with van der Waals surface area (Å²) in [6, 6.07) is 4.30. The Bertz CT molecular complexity index is 410. The standard InChI is InChI=1S/C16H30N4S/c1-6-17-15(18-10-8-11-20(4)5)19-13-16(2,3)14-9-7-12-21-14/h7,9,12H,6,8,10-11,13H2,1-5H3,(H2,17,18,19). The fraction of sp³-hybridized carbons (Fsp3) is 0.688. The zero-order chi connectivity index (χ0) is 15.7. The Morgan fingerprint density at radius 1 is 1.33 bits per heavy atom. The maximum absolute atomic E-state index is 4.75. The van der Waals surface area contributed by atoms with Gasteiger partial charge in [0.2, 0.25) is 0 Å². The highest BCUT2D eigenvalue weighted by Gasteiger charge is 2.21. The second kappa shape index (κ2) is 9.05. The van der Waals surface area contributed by atoms with Gasteiger partial charge < -0.3 is 15.5 Å². The molecule has 0 fully saturated rings. The van der Waals surface area contributed by atoms with Crippen molar-refractivity contribution in [3.63, 3.8) is 0 Å². The third-order valence-electron chi connectivity index (χ3n) is 3.24. The normalized spacial score (nSPS) is 12.8. The average Bonchev–Trinajstić information content (AvgIpc) is 2.95. The minimum atomic E-state index is 0.0835. The summed E-state index contributed by atoms with van der Waals surface area (Å²) in [5.74, 6) is 0.917. The van der Waals surface area contributed by atoms with Gasteiger partial charge in [-0.2, -0.15) is 0 Å². The van der Waals surface area contributed by atoms with Crippen LogP contribution < -0.4 is 10.6 Å². The third kappa shape index (κ3) is 6.96. The van der Waals surface area contributed by atoms with Crippen molar-refractivity contribution in [2.45, 2.75) is 32.6 Å². The number of thiophene rings is 1. The van der Waals surface area contributed by atoms with Gasteiger partial charge in [0.15, 0.2) is 5.96 Å². The number of nitrogens with one attached hydrogen (secondary N) is 2. The Balaban J connectivity index is 2.51. The number of guanidine groups is 1. The summed E-state index contributed by atoms with van der Waals surface area (Å²) >= 11 is 1.80. The van der Waals surface area contributed by atoms with Crippen molar-refractivity contribution in [2.24, 2.45) is 4.99 Å². The molecular weight excluding hydrogens is 280 g/mol. The monoisotopic (exact) mass is 310 g/mol. The molecule has 2 N–H and O–H groups in total. The maximum atomic E-state index is 4.75. The van der Waals surface area contributed by atoms with Gasteiger partial charge in [0.1, 0.15) is 0 Å². The number of hydrogen-bond acceptors (Lipinski definition) is 3. The van der Waals surface area contributed by atoms with Crippen LogP contribution in [0.1, 0.15) is 32.1 Å². The lowest BCUT2D eigenvalue weighted by atomic mass is 9.92. The first-order valence-electron chi connectivity index (χ1n) is 7.66. The summed E-state index contributed by atoms with van der Waals surface area (Å²) in [7, 11) is 4.20. The van der Waals surface area contributed by atoms with E-state index < -0.39 is 0 Å². The van der Waals surface area contributed by atoms with Crippen LogP contribution in [-0.2, 0) is 5.41 Å². The highest BCUT2D eigenvalue weighted by molar-refractivity contribution is 7.10. The number of hydrogen-bond donors (Lipinski definition) is 2. The molecule has 0 unspecified atom stereocenters. The van der Waals surface area contributed by atoms with Crippen LogP contribution in [0, 0.1) is 0 Å². The highest BCUT2D eigenvalue weighted by atomic mass is 32.1. The van der Waals surface area contributed by atoms with E-state index in [0.717, 1.165) is 38.6 Å². The number of aliphatic imine (C=N–C) groups is 1. The lowest BCUT2D eigenvalue weighted by Gasteiger charge is -2.22. The number of rotatable bonds is 8. The van der Waals surface area contributed by atoms with Crippen molar-refractivity contribution in [1.82, 2.24) is 15.5 Å². The van der Waals surface area contributed by atoms with E-state index in [4.69, 9.17) is 4.99 Å². The molecule has 0 saturated carbocycles. The molecule has 1 aromatic heterocycles. The Hall–Kier alpha value is -1.07. The fourth-order valence-electron chi connectivity index (χ4n) is 1.96. The first kappa shape index (κ1) is 18.0. The maximum Gasteiger partial charge on any atom is 0.191 e. The molecular formula is C16H30N4S. The van der Waals surface area contributed by atoms with Gasteiger partial charge in [0.25, 0.3) is 0 Å². The van der Waals surface area contributed by atoms with Crippen LogP contribution in [0.15, 0.2) is 22.5 Å². The molecule has 0 radical (unpaired) electrons. The molecule has 1 rings (SSSR count). The van der Waals surface area contributed by atoms with Gasteiger partial charge in [-0.1, -0.05) is 19.9 Å². The van der Waals surface area contributed by atoms with Crippen LogP contribution in [0.25, 0.3) is 0 Å². The summed E-state index contributed by atoms with van der Waals surface area (Å²) in [6.45, 7) is 10.3. The molecule has 120 valence electrons. The van der Waals surface area contributed by atoms with Gasteiger partial charge in [-0.3, -0.25) is 4.99 Å². The molecule has 0 aliphatic heterocycles. The van der Waals surface area contributed by atoms with E-state index in [9.17, 15) is 0 Å². The van der Waals surface area contributed by atoms with Crippen molar-refractivity contribution in [3.8, 4) is 0 Å². The first-order chi connectivity index (χ1) is 9.95. The molecule has 1 heterocycles. The van der Waals surface area contributed by atoms with Crippen LogP contribution in [-0.4, -0.2) is 51.1 Å². The second-order valence-electron chi connectivity index (χ2n) is 6.14. The average molecular weight is 311 g/mol. The fourth-order valence-corrected chi connectivity index (χ4v) is 2.81. The van der Waals surface area contributed by atoms with Gasteiger partial charge in [0.05, 0.1) is 6.54 Å². The molecule has 0 atom stereocenters. The zero-order valence-electron chi connectivity index (χ0n) is 14.1. The molecule has 0 spiro atoms. The summed E-state index contributed by atoms with van der Waals surface area (Å²) in [4.78, 5) is 8.33. The summed E-state index contributed by atoms with van der Waals surface area (Å²) < 4.78 is 0. The summed E-state index contributed by atoms with van der Waals surface area (Å²) in [6.07, 6.45) is 1.12. The summed E-state index contributed by atoms with van der Waals surface area (Å²) in [5.41, 5.74) is 0.0835. The van der Waals surface area contributed by atoms with Crippen LogP contribution in [0.4, 0.5) is 0 Å². The molecule has 0 bridgehead atoms. The van der Waals surface area contributed by atoms with Gasteiger partial charge in [0, 0.05) is 23.4 Å². The van der Waals surface area contributed by atoms with Crippen LogP contribution in [0.5, 0.6) is 0 Å². The van der Waals surface area contributed by atoms with Gasteiger partial charge in [-0.05, 0) is 45.4 Å². The van der Waals surface area contributed by atoms with Crippen molar-refractivity contribution in [2.75, 3.05) is 40.3 Å². The Morgan fingerprint density at radius 3 is 2.67 bits per heavy atom. The Labute approximate surface area is 133 Å². The van der Waals surface area contributed by atoms with Crippen molar-refractivity contribution < 1.29 is 0 Å². The predicted octanol–water partition coefficient (Wildman–Crippen LogP) is 2.53. The highest BCUT2D eigenvalue weighted by Crippen LogP contribution is 2.27. The van der Waals surface area contributed by atoms with Crippen LogP contribution in [0.2, 0.25) is 0 Å². The first-order valence-corrected chi connectivity index (χ1v) is 8.54. The van der Waals surface area contributed by atoms with E-state index in [1.165, 1.54) is 4.88 Å². The van der Waals surface area contributed by atoms with E-state index in [1.807, 2.05) is 0 Å². The minimum Gasteiger partial charge on any atom is -0.357 e. The topological polar surface area (TPSA) is 39.7 Å². The largest absolute Gasteiger partial charge is 0.357 e. The van der Waals surface area contributed by atoms with E-state index in [2.05, 4.69) is 67.9 Å². The zero-order valence-corrected chi connectivity index (χ0v) is 14.9. The van der Waals surface area contributed by atoms with E-state index in [-0.39, 0.29) is 5.41 Å². The molecule has 0 amide bonds. The van der Waals surface area contributed by atoms with Crippen molar-refractivity contribution in [3.05, 3.63) is 22.4 Å². The molecule has 4 nitrogen and oxygen atoms in total. The van der Waals surface area contributed by atoms with Gasteiger partial charge in [-0.25, -0.2) is 0 Å². The van der Waals surface area contributed by atoms with Crippen molar-refractivity contribution in [1.29, 1.82) is 0 Å². The van der Waals surface area contributed by atoms with Gasteiger partial charge in [-0.15, -0.1) is 11.3 Å². The Kier molecular flexibility index (Phi) is 7.75. The van der Waals surface area contributed by atoms with Gasteiger partial charge >= 0.3 is 0 Å². The van der Waals surface area contributed by atoms with E-state index in [1.54, 1.807) is 11.3 Å². The molecule has 0 aliphatic carbocycles. The molecule has 5 heteroatoms. The second-order valence-corrected chi connectivity index (χ2v) is 7.09. The summed E-state index contributed by atoms with van der Waals surface area (Å²) in [5, 5.41) is 8.86. The lowest BCUT2D eigenvalue weighted by Crippen LogP contribution is -2.39. The predicted molar refractivity (Wildman–Crippen MR) is 94.5 cm³/mol. The molecule has 0 aliphatic rings. The van der Waals surface area contributed by atoms with Crippen LogP contribution in [0.3, 0.4) is 0 Å². The quantitative estimate of drug-likeness (QED) is 0.440. The third-order valence-corrected chi connectivity index (χ3v) is 4.48. The van der Waals surface area contributed by atoms with E-state index >= 15 is 0 Å². The lowest BCUT2D eigenvalue weighted by molar-refractivity contribution is 0.399. The molecule has 0 aromatic carbocycles. The number of nitrogens with zero attached hydrogens (tertiary/aromatic N) is 2. The smallest absolute Gasteiger partial charge is 0.191 e. The van der Waals surface area contributed by atoms with E-state index in [0.29, 0.717) is 0 Å². The van der Waals surface area contributed by atoms with Crippen molar-refractivity contribution >= 4 is 17.3 Å².